The Bertz CT molecular complexity index is 819. The Labute approximate surface area is 152 Å². The smallest absolute Gasteiger partial charge is 0.264 e. The van der Waals surface area contributed by atoms with Gasteiger partial charge in [0.1, 0.15) is 12.3 Å². The quantitative estimate of drug-likeness (QED) is 0.711. The third-order valence-electron chi connectivity index (χ3n) is 3.38. The van der Waals surface area contributed by atoms with E-state index < -0.39 is 22.5 Å². The highest BCUT2D eigenvalue weighted by Gasteiger charge is 2.26. The Morgan fingerprint density at radius 1 is 1.12 bits per heavy atom. The molecule has 1 amide bonds. The third-order valence-corrected chi connectivity index (χ3v) is 5.91. The van der Waals surface area contributed by atoms with Crippen molar-refractivity contribution in [1.29, 1.82) is 0 Å². The molecule has 2 N–H and O–H groups in total. The summed E-state index contributed by atoms with van der Waals surface area (Å²) in [5.74, 6) is -0.120. The minimum atomic E-state index is -3.92. The number of hydrogen-bond donors (Lipinski definition) is 1. The number of sulfonamides is 1. The van der Waals surface area contributed by atoms with Crippen molar-refractivity contribution in [3.05, 3.63) is 48.5 Å². The highest BCUT2D eigenvalue weighted by molar-refractivity contribution is 7.98. The summed E-state index contributed by atoms with van der Waals surface area (Å²) in [6.45, 7) is 1.92. The molecule has 2 aromatic rings. The van der Waals surface area contributed by atoms with E-state index in [4.69, 9.17) is 10.5 Å². The lowest BCUT2D eigenvalue weighted by Gasteiger charge is -2.23. The van der Waals surface area contributed by atoms with Crippen molar-refractivity contribution in [2.75, 3.05) is 23.7 Å². The molecule has 0 aliphatic heterocycles. The number of amides is 1. The van der Waals surface area contributed by atoms with Crippen LogP contribution in [0.3, 0.4) is 0 Å². The number of carbonyl (C=O) groups excluding carboxylic acids is 1. The summed E-state index contributed by atoms with van der Waals surface area (Å²) in [5.41, 5.74) is 5.60. The lowest BCUT2D eigenvalue weighted by molar-refractivity contribution is -0.116. The molecule has 0 radical (unpaired) electrons. The number of ether oxygens (including phenoxy) is 1. The van der Waals surface area contributed by atoms with Gasteiger partial charge in [-0.1, -0.05) is 0 Å². The molecule has 0 aliphatic rings. The van der Waals surface area contributed by atoms with E-state index in [1.165, 1.54) is 23.9 Å². The molecule has 0 saturated heterocycles. The van der Waals surface area contributed by atoms with Crippen LogP contribution in [0.4, 0.5) is 5.69 Å². The molecule has 0 spiro atoms. The van der Waals surface area contributed by atoms with Crippen LogP contribution in [0.2, 0.25) is 0 Å². The molecule has 0 unspecified atom stereocenters. The second kappa shape index (κ2) is 8.26. The zero-order valence-electron chi connectivity index (χ0n) is 14.0. The van der Waals surface area contributed by atoms with Crippen LogP contribution in [0.5, 0.6) is 5.75 Å². The average molecular weight is 380 g/mol. The highest BCUT2D eigenvalue weighted by atomic mass is 32.2. The number of carbonyl (C=O) groups is 1. The molecule has 0 aromatic heterocycles. The normalized spacial score (nSPS) is 11.1. The summed E-state index contributed by atoms with van der Waals surface area (Å²) in [7, 11) is -3.92. The molecule has 6 nitrogen and oxygen atoms in total. The first-order valence-corrected chi connectivity index (χ1v) is 10.2. The van der Waals surface area contributed by atoms with Gasteiger partial charge < -0.3 is 10.5 Å². The van der Waals surface area contributed by atoms with Crippen LogP contribution in [0.25, 0.3) is 0 Å². The first kappa shape index (κ1) is 19.1. The summed E-state index contributed by atoms with van der Waals surface area (Å²) in [4.78, 5) is 12.5. The summed E-state index contributed by atoms with van der Waals surface area (Å²) in [5, 5.41) is 0. The van der Waals surface area contributed by atoms with E-state index in [1.807, 2.05) is 13.2 Å². The molecule has 8 heteroatoms. The van der Waals surface area contributed by atoms with Gasteiger partial charge in [-0.25, -0.2) is 8.42 Å². The van der Waals surface area contributed by atoms with Gasteiger partial charge in [0.2, 0.25) is 5.91 Å². The van der Waals surface area contributed by atoms with Crippen LogP contribution in [0, 0.1) is 0 Å². The van der Waals surface area contributed by atoms with Gasteiger partial charge in [0.15, 0.2) is 0 Å². The number of rotatable bonds is 8. The number of nitrogens with two attached hydrogens (primary N) is 1. The zero-order chi connectivity index (χ0) is 18.4. The summed E-state index contributed by atoms with van der Waals surface area (Å²) >= 11 is 1.51. The van der Waals surface area contributed by atoms with Gasteiger partial charge in [0.25, 0.3) is 10.0 Å². The van der Waals surface area contributed by atoms with Gasteiger partial charge in [0.05, 0.1) is 17.2 Å². The Morgan fingerprint density at radius 2 is 1.72 bits per heavy atom. The van der Waals surface area contributed by atoms with Crippen molar-refractivity contribution in [2.24, 2.45) is 5.73 Å². The fraction of sp³-hybridized carbons (Fsp3) is 0.235. The number of anilines is 1. The minimum Gasteiger partial charge on any atom is -0.494 e. The monoisotopic (exact) mass is 380 g/mol. The number of benzene rings is 2. The summed E-state index contributed by atoms with van der Waals surface area (Å²) in [6, 6.07) is 13.0. The van der Waals surface area contributed by atoms with Crippen molar-refractivity contribution < 1.29 is 17.9 Å². The molecule has 2 rings (SSSR count). The Hall–Kier alpha value is -2.19. The number of nitrogens with zero attached hydrogens (tertiary/aromatic N) is 1. The number of primary amides is 1. The van der Waals surface area contributed by atoms with Crippen molar-refractivity contribution in [1.82, 2.24) is 0 Å². The van der Waals surface area contributed by atoms with Crippen molar-refractivity contribution in [3.63, 3.8) is 0 Å². The van der Waals surface area contributed by atoms with E-state index in [2.05, 4.69) is 0 Å². The molecular weight excluding hydrogens is 360 g/mol. The van der Waals surface area contributed by atoms with Crippen LogP contribution < -0.4 is 14.8 Å². The van der Waals surface area contributed by atoms with Gasteiger partial charge in [-0.15, -0.1) is 11.8 Å². The minimum absolute atomic E-state index is 0.0976. The van der Waals surface area contributed by atoms with Crippen molar-refractivity contribution in [2.45, 2.75) is 16.7 Å². The predicted octanol–water partition coefficient (Wildman–Crippen LogP) is 2.49. The molecule has 2 aromatic carbocycles. The van der Waals surface area contributed by atoms with Gasteiger partial charge >= 0.3 is 0 Å². The maximum Gasteiger partial charge on any atom is 0.264 e. The molecule has 134 valence electrons. The Balaban J connectivity index is 2.42. The second-order valence-corrected chi connectivity index (χ2v) is 7.82. The maximum absolute atomic E-state index is 13.0. The van der Waals surface area contributed by atoms with Gasteiger partial charge in [-0.3, -0.25) is 9.10 Å². The van der Waals surface area contributed by atoms with Gasteiger partial charge in [0, 0.05) is 4.90 Å². The Morgan fingerprint density at radius 3 is 2.20 bits per heavy atom. The van der Waals surface area contributed by atoms with Crippen LogP contribution in [-0.2, 0) is 14.8 Å². The molecule has 25 heavy (non-hydrogen) atoms. The summed E-state index contributed by atoms with van der Waals surface area (Å²) in [6.07, 6.45) is 1.91. The molecule has 0 saturated carbocycles. The van der Waals surface area contributed by atoms with Crippen LogP contribution >= 0.6 is 11.8 Å². The van der Waals surface area contributed by atoms with Crippen LogP contribution in [0.1, 0.15) is 6.92 Å². The SMILES string of the molecule is CCOc1ccc(N(CC(N)=O)S(=O)(=O)c2ccc(SC)cc2)cc1. The third kappa shape index (κ3) is 4.67. The van der Waals surface area contributed by atoms with E-state index in [1.54, 1.807) is 36.4 Å². The second-order valence-electron chi connectivity index (χ2n) is 5.08. The van der Waals surface area contributed by atoms with Gasteiger partial charge in [-0.2, -0.15) is 0 Å². The number of thioether (sulfide) groups is 1. The van der Waals surface area contributed by atoms with E-state index in [0.717, 1.165) is 9.20 Å². The first-order chi connectivity index (χ1) is 11.9. The molecule has 0 fully saturated rings. The summed E-state index contributed by atoms with van der Waals surface area (Å²) < 4.78 is 32.3. The molecule has 0 bridgehead atoms. The fourth-order valence-electron chi connectivity index (χ4n) is 2.21. The largest absolute Gasteiger partial charge is 0.494 e. The zero-order valence-corrected chi connectivity index (χ0v) is 15.6. The predicted molar refractivity (Wildman–Crippen MR) is 99.6 cm³/mol. The van der Waals surface area contributed by atoms with E-state index >= 15 is 0 Å². The lowest BCUT2D eigenvalue weighted by Crippen LogP contribution is -2.38. The highest BCUT2D eigenvalue weighted by Crippen LogP contribution is 2.27. The standard InChI is InChI=1S/C17H20N2O4S2/c1-3-23-14-6-4-13(5-7-14)19(12-17(18)20)25(21,22)16-10-8-15(24-2)9-11-16/h4-11H,3,12H2,1-2H3,(H2,18,20). The first-order valence-electron chi connectivity index (χ1n) is 7.56. The number of hydrogen-bond acceptors (Lipinski definition) is 5. The van der Waals surface area contributed by atoms with E-state index in [-0.39, 0.29) is 4.90 Å². The fourth-order valence-corrected chi connectivity index (χ4v) is 4.05. The van der Waals surface area contributed by atoms with E-state index in [9.17, 15) is 13.2 Å². The molecular formula is C17H20N2O4S2. The Kier molecular flexibility index (Phi) is 6.33. The van der Waals surface area contributed by atoms with Crippen molar-refractivity contribution in [3.8, 4) is 5.75 Å². The van der Waals surface area contributed by atoms with Crippen LogP contribution in [-0.4, -0.2) is 33.7 Å². The lowest BCUT2D eigenvalue weighted by atomic mass is 10.3. The molecule has 0 heterocycles. The topological polar surface area (TPSA) is 89.7 Å². The molecule has 0 aliphatic carbocycles. The van der Waals surface area contributed by atoms with E-state index in [0.29, 0.717) is 18.0 Å². The van der Waals surface area contributed by atoms with Crippen molar-refractivity contribution >= 4 is 33.4 Å². The average Bonchev–Trinajstić information content (AvgIpc) is 2.60. The van der Waals surface area contributed by atoms with Crippen LogP contribution in [0.15, 0.2) is 58.3 Å². The molecule has 0 atom stereocenters. The van der Waals surface area contributed by atoms with Gasteiger partial charge in [-0.05, 0) is 61.7 Å². The maximum atomic E-state index is 13.0.